The van der Waals surface area contributed by atoms with E-state index >= 15 is 0 Å². The summed E-state index contributed by atoms with van der Waals surface area (Å²) in [6.07, 6.45) is 0. The zero-order chi connectivity index (χ0) is 19.4. The Kier molecular flexibility index (Phi) is 5.28. The number of rotatable bonds is 5. The molecule has 0 aliphatic carbocycles. The number of nitrogens with zero attached hydrogens (tertiary/aromatic N) is 1. The second-order valence-electron chi connectivity index (χ2n) is 6.29. The molecular formula is C22H20N2O3. The monoisotopic (exact) mass is 360 g/mol. The SMILES string of the molecule is CC(=O)C1=C(C)OC(N)=C(C#N)C1c1ccc(OCc2ccccc2)cc1. The van der Waals surface area contributed by atoms with Crippen LogP contribution in [0.2, 0.25) is 0 Å². The molecule has 0 aromatic heterocycles. The topological polar surface area (TPSA) is 85.3 Å². The highest BCUT2D eigenvalue weighted by Crippen LogP contribution is 2.39. The van der Waals surface area contributed by atoms with E-state index in [1.165, 1.54) is 6.92 Å². The van der Waals surface area contributed by atoms with Crippen molar-refractivity contribution in [1.82, 2.24) is 0 Å². The van der Waals surface area contributed by atoms with E-state index < -0.39 is 5.92 Å². The summed E-state index contributed by atoms with van der Waals surface area (Å²) in [4.78, 5) is 12.2. The van der Waals surface area contributed by atoms with Crippen molar-refractivity contribution < 1.29 is 14.3 Å². The molecule has 1 unspecified atom stereocenters. The molecule has 2 aromatic carbocycles. The standard InChI is InChI=1S/C22H20N2O3/c1-14(25)20-15(2)27-22(24)19(12-23)21(20)17-8-10-18(11-9-17)26-13-16-6-4-3-5-7-16/h3-11,21H,13,24H2,1-2H3. The second-order valence-corrected chi connectivity index (χ2v) is 6.29. The molecule has 0 radical (unpaired) electrons. The number of benzene rings is 2. The highest BCUT2D eigenvalue weighted by atomic mass is 16.5. The lowest BCUT2D eigenvalue weighted by Gasteiger charge is -2.26. The van der Waals surface area contributed by atoms with E-state index in [0.29, 0.717) is 23.7 Å². The van der Waals surface area contributed by atoms with Crippen molar-refractivity contribution in [2.24, 2.45) is 5.73 Å². The Morgan fingerprint density at radius 3 is 2.44 bits per heavy atom. The fraction of sp³-hybridized carbons (Fsp3) is 0.182. The molecule has 136 valence electrons. The molecule has 0 fully saturated rings. The quantitative estimate of drug-likeness (QED) is 0.873. The third-order valence-corrected chi connectivity index (χ3v) is 4.45. The minimum Gasteiger partial charge on any atom is -0.489 e. The first-order valence-corrected chi connectivity index (χ1v) is 8.57. The minimum absolute atomic E-state index is 0.0365. The molecule has 0 saturated heterocycles. The van der Waals surface area contributed by atoms with E-state index in [1.807, 2.05) is 54.6 Å². The lowest BCUT2D eigenvalue weighted by atomic mass is 9.81. The van der Waals surface area contributed by atoms with Gasteiger partial charge in [-0.2, -0.15) is 5.26 Å². The van der Waals surface area contributed by atoms with Crippen LogP contribution in [0.25, 0.3) is 0 Å². The summed E-state index contributed by atoms with van der Waals surface area (Å²) in [6, 6.07) is 19.3. The summed E-state index contributed by atoms with van der Waals surface area (Å²) in [5.41, 5.74) is 8.42. The number of carbonyl (C=O) groups is 1. The second kappa shape index (κ2) is 7.79. The minimum atomic E-state index is -0.538. The molecular weight excluding hydrogens is 340 g/mol. The maximum Gasteiger partial charge on any atom is 0.205 e. The van der Waals surface area contributed by atoms with Crippen molar-refractivity contribution in [2.75, 3.05) is 0 Å². The average molecular weight is 360 g/mol. The van der Waals surface area contributed by atoms with Crippen LogP contribution in [0.15, 0.2) is 77.4 Å². The average Bonchev–Trinajstić information content (AvgIpc) is 2.67. The van der Waals surface area contributed by atoms with Gasteiger partial charge in [0.1, 0.15) is 29.8 Å². The first-order valence-electron chi connectivity index (χ1n) is 8.57. The summed E-state index contributed by atoms with van der Waals surface area (Å²) in [5, 5.41) is 9.52. The zero-order valence-electron chi connectivity index (χ0n) is 15.2. The number of hydrogen-bond donors (Lipinski definition) is 1. The fourth-order valence-electron chi connectivity index (χ4n) is 3.17. The van der Waals surface area contributed by atoms with Gasteiger partial charge in [0.05, 0.1) is 5.92 Å². The van der Waals surface area contributed by atoms with Gasteiger partial charge in [0.25, 0.3) is 0 Å². The Labute approximate surface area is 158 Å². The number of hydrogen-bond acceptors (Lipinski definition) is 5. The van der Waals surface area contributed by atoms with Crippen molar-refractivity contribution in [3.8, 4) is 11.8 Å². The molecule has 0 amide bonds. The molecule has 1 aliphatic rings. The van der Waals surface area contributed by atoms with E-state index in [0.717, 1.165) is 11.1 Å². The Morgan fingerprint density at radius 1 is 1.19 bits per heavy atom. The summed E-state index contributed by atoms with van der Waals surface area (Å²) >= 11 is 0. The smallest absolute Gasteiger partial charge is 0.205 e. The van der Waals surface area contributed by atoms with Gasteiger partial charge in [-0.25, -0.2) is 0 Å². The molecule has 0 bridgehead atoms. The number of Topliss-reactive ketones (excluding diaryl/α,β-unsaturated/α-hetero) is 1. The highest BCUT2D eigenvalue weighted by molar-refractivity contribution is 5.96. The van der Waals surface area contributed by atoms with Crippen LogP contribution >= 0.6 is 0 Å². The van der Waals surface area contributed by atoms with Crippen LogP contribution in [0, 0.1) is 11.3 Å². The number of ether oxygens (including phenoxy) is 2. The van der Waals surface area contributed by atoms with Crippen molar-refractivity contribution in [3.05, 3.63) is 88.5 Å². The first kappa shape index (κ1) is 18.3. The van der Waals surface area contributed by atoms with Crippen LogP contribution in [0.3, 0.4) is 0 Å². The Hall–Kier alpha value is -3.52. The molecule has 1 atom stereocenters. The molecule has 3 rings (SSSR count). The summed E-state index contributed by atoms with van der Waals surface area (Å²) in [7, 11) is 0. The highest BCUT2D eigenvalue weighted by Gasteiger charge is 2.33. The number of nitriles is 1. The Balaban J connectivity index is 1.86. The maximum absolute atomic E-state index is 12.2. The van der Waals surface area contributed by atoms with Crippen molar-refractivity contribution in [2.45, 2.75) is 26.4 Å². The lowest BCUT2D eigenvalue weighted by Crippen LogP contribution is -2.23. The van der Waals surface area contributed by atoms with E-state index in [9.17, 15) is 10.1 Å². The van der Waals surface area contributed by atoms with Gasteiger partial charge < -0.3 is 15.2 Å². The molecule has 1 heterocycles. The van der Waals surface area contributed by atoms with Gasteiger partial charge in [0, 0.05) is 5.57 Å². The lowest BCUT2D eigenvalue weighted by molar-refractivity contribution is -0.114. The third-order valence-electron chi connectivity index (χ3n) is 4.45. The number of ketones is 1. The van der Waals surface area contributed by atoms with Gasteiger partial charge in [-0.3, -0.25) is 4.79 Å². The maximum atomic E-state index is 12.2. The largest absolute Gasteiger partial charge is 0.489 e. The summed E-state index contributed by atoms with van der Waals surface area (Å²) in [5.74, 6) is 0.476. The Bertz CT molecular complexity index is 951. The zero-order valence-corrected chi connectivity index (χ0v) is 15.2. The molecule has 5 nitrogen and oxygen atoms in total. The van der Waals surface area contributed by atoms with Crippen molar-refractivity contribution in [3.63, 3.8) is 0 Å². The van der Waals surface area contributed by atoms with Crippen molar-refractivity contribution in [1.29, 1.82) is 5.26 Å². The molecule has 2 N–H and O–H groups in total. The molecule has 0 spiro atoms. The predicted octanol–water partition coefficient (Wildman–Crippen LogP) is 3.94. The molecule has 0 saturated carbocycles. The van der Waals surface area contributed by atoms with Gasteiger partial charge >= 0.3 is 0 Å². The Morgan fingerprint density at radius 2 is 1.85 bits per heavy atom. The molecule has 5 heteroatoms. The summed E-state index contributed by atoms with van der Waals surface area (Å²) < 4.78 is 11.2. The van der Waals surface area contributed by atoms with Crippen LogP contribution in [0.1, 0.15) is 30.9 Å². The van der Waals surface area contributed by atoms with E-state index in [1.54, 1.807) is 6.92 Å². The van der Waals surface area contributed by atoms with E-state index in [2.05, 4.69) is 6.07 Å². The van der Waals surface area contributed by atoms with Crippen LogP contribution in [0.5, 0.6) is 5.75 Å². The number of carbonyl (C=O) groups excluding carboxylic acids is 1. The van der Waals surface area contributed by atoms with Crippen LogP contribution < -0.4 is 10.5 Å². The van der Waals surface area contributed by atoms with Gasteiger partial charge in [-0.1, -0.05) is 42.5 Å². The first-order chi connectivity index (χ1) is 13.0. The van der Waals surface area contributed by atoms with Gasteiger partial charge in [-0.05, 0) is 37.1 Å². The van der Waals surface area contributed by atoms with Gasteiger partial charge in [-0.15, -0.1) is 0 Å². The molecule has 1 aliphatic heterocycles. The predicted molar refractivity (Wildman–Crippen MR) is 101 cm³/mol. The third kappa shape index (κ3) is 3.85. The van der Waals surface area contributed by atoms with Gasteiger partial charge in [0.15, 0.2) is 5.78 Å². The molecule has 27 heavy (non-hydrogen) atoms. The normalized spacial score (nSPS) is 16.6. The van der Waals surface area contributed by atoms with E-state index in [-0.39, 0.29) is 17.2 Å². The van der Waals surface area contributed by atoms with Crippen molar-refractivity contribution >= 4 is 5.78 Å². The number of allylic oxidation sites excluding steroid dienone is 3. The van der Waals surface area contributed by atoms with Crippen LogP contribution in [0.4, 0.5) is 0 Å². The number of nitrogens with two attached hydrogens (primary N) is 1. The summed E-state index contributed by atoms with van der Waals surface area (Å²) in [6.45, 7) is 3.61. The van der Waals surface area contributed by atoms with Gasteiger partial charge in [0.2, 0.25) is 5.88 Å². The van der Waals surface area contributed by atoms with Crippen LogP contribution in [-0.4, -0.2) is 5.78 Å². The molecule has 2 aromatic rings. The fourth-order valence-corrected chi connectivity index (χ4v) is 3.17. The van der Waals surface area contributed by atoms with E-state index in [4.69, 9.17) is 15.2 Å². The van der Waals surface area contributed by atoms with Crippen LogP contribution in [-0.2, 0) is 16.1 Å².